The van der Waals surface area contributed by atoms with Crippen LogP contribution in [0.3, 0.4) is 0 Å². The van der Waals surface area contributed by atoms with Crippen LogP contribution in [-0.4, -0.2) is 53.8 Å². The van der Waals surface area contributed by atoms with Crippen LogP contribution in [0.2, 0.25) is 0 Å². The molecule has 0 unspecified atom stereocenters. The monoisotopic (exact) mass is 702 g/mol. The number of carbonyl (C=O) groups excluding carboxylic acids is 1. The van der Waals surface area contributed by atoms with Crippen molar-refractivity contribution in [2.24, 2.45) is 0 Å². The molecule has 2 aliphatic rings. The van der Waals surface area contributed by atoms with E-state index in [9.17, 15) is 9.59 Å². The Morgan fingerprint density at radius 1 is 1.02 bits per heavy atom. The van der Waals surface area contributed by atoms with Crippen molar-refractivity contribution >= 4 is 60.1 Å². The Labute approximate surface area is 291 Å². The quantitative estimate of drug-likeness (QED) is 0.0772. The third-order valence-electron chi connectivity index (χ3n) is 8.60. The van der Waals surface area contributed by atoms with E-state index < -0.39 is 8.80 Å². The topological polar surface area (TPSA) is 90.2 Å². The number of aryl methyl sites for hydroxylation is 3. The molecule has 0 saturated heterocycles. The van der Waals surface area contributed by atoms with Crippen LogP contribution in [0, 0.1) is 18.8 Å². The number of carbonyl (C=O) groups is 1. The van der Waals surface area contributed by atoms with Gasteiger partial charge in [-0.2, -0.15) is 0 Å². The molecule has 6 rings (SSSR count). The van der Waals surface area contributed by atoms with Gasteiger partial charge < -0.3 is 27.9 Å². The third kappa shape index (κ3) is 7.25. The molecule has 8 nitrogen and oxygen atoms in total. The number of hydrogen-bond acceptors (Lipinski definition) is 9. The molecule has 0 radical (unpaired) electrons. The molecular weight excluding hydrogens is 661 g/mol. The standard InChI is InChI=1S/C37H42N2O6S2Si/c1-6-42-48(43-7-2,44-8-3)23-38-36(40)25(5)19-29-14-13-28(46-29)15-16-32-24(4)20-33(47-32)31-22-27-21-26-11-9-17-39-18-10-12-30(34(26)39)35(27)45-37(31)41/h13-14,19-22H,6-12,17-18,23H2,1-5H3,(H,38,40)/b25-19+. The Kier molecular flexibility index (Phi) is 10.7. The van der Waals surface area contributed by atoms with Crippen molar-refractivity contribution in [2.45, 2.75) is 60.3 Å². The number of amides is 1. The van der Waals surface area contributed by atoms with Crippen LogP contribution in [0.1, 0.15) is 71.9 Å². The van der Waals surface area contributed by atoms with Gasteiger partial charge >= 0.3 is 14.4 Å². The van der Waals surface area contributed by atoms with Gasteiger partial charge in [0, 0.05) is 64.9 Å². The van der Waals surface area contributed by atoms with E-state index in [-0.39, 0.29) is 17.7 Å². The number of thiophene rings is 2. The summed E-state index contributed by atoms with van der Waals surface area (Å²) in [6.07, 6.45) is 6.31. The average molecular weight is 703 g/mol. The van der Waals surface area contributed by atoms with Crippen molar-refractivity contribution in [3.05, 3.63) is 77.6 Å². The maximum atomic E-state index is 13.3. The van der Waals surface area contributed by atoms with Gasteiger partial charge in [-0.05, 0) is 120 Å². The molecule has 2 aliphatic heterocycles. The SMILES string of the molecule is CCO[Si](CNC(=O)/C(C)=C/c1ccc(C#Cc2sc(-c3cc4cc5c6c(c4oc3=O)CCCN6CCC5)cc2C)s1)(OCC)OCC. The van der Waals surface area contributed by atoms with Crippen LogP contribution < -0.4 is 15.8 Å². The van der Waals surface area contributed by atoms with E-state index in [2.05, 4.69) is 28.1 Å². The van der Waals surface area contributed by atoms with Crippen LogP contribution in [0.15, 0.2) is 45.1 Å². The molecule has 0 bridgehead atoms. The minimum Gasteiger partial charge on any atom is -0.422 e. The van der Waals surface area contributed by atoms with Gasteiger partial charge in [0.05, 0.1) is 21.5 Å². The fourth-order valence-electron chi connectivity index (χ4n) is 6.52. The predicted octanol–water partition coefficient (Wildman–Crippen LogP) is 7.10. The molecule has 48 heavy (non-hydrogen) atoms. The minimum absolute atomic E-state index is 0.201. The lowest BCUT2D eigenvalue weighted by Gasteiger charge is -2.37. The van der Waals surface area contributed by atoms with Gasteiger partial charge in [0.25, 0.3) is 0 Å². The Morgan fingerprint density at radius 3 is 2.48 bits per heavy atom. The molecule has 11 heteroatoms. The van der Waals surface area contributed by atoms with Crippen molar-refractivity contribution in [3.8, 4) is 22.3 Å². The second kappa shape index (κ2) is 14.9. The number of anilines is 1. The molecule has 1 aromatic carbocycles. The van der Waals surface area contributed by atoms with Gasteiger partial charge in [-0.1, -0.05) is 0 Å². The summed E-state index contributed by atoms with van der Waals surface area (Å²) in [7, 11) is -2.98. The molecule has 5 heterocycles. The third-order valence-corrected chi connectivity index (χ3v) is 13.5. The molecule has 1 N–H and O–H groups in total. The first-order chi connectivity index (χ1) is 23.2. The van der Waals surface area contributed by atoms with Gasteiger partial charge in [0.15, 0.2) is 0 Å². The van der Waals surface area contributed by atoms with Crippen molar-refractivity contribution in [1.82, 2.24) is 5.32 Å². The normalized spacial score (nSPS) is 14.5. The number of rotatable bonds is 11. The second-order valence-electron chi connectivity index (χ2n) is 12.0. The zero-order valence-electron chi connectivity index (χ0n) is 28.2. The molecule has 0 spiro atoms. The molecule has 3 aromatic heterocycles. The summed E-state index contributed by atoms with van der Waals surface area (Å²) in [6.45, 7) is 13.0. The highest BCUT2D eigenvalue weighted by Crippen LogP contribution is 2.41. The Morgan fingerprint density at radius 2 is 1.75 bits per heavy atom. The molecule has 1 amide bonds. The van der Waals surface area contributed by atoms with E-state index in [0.29, 0.717) is 31.0 Å². The van der Waals surface area contributed by atoms with Crippen molar-refractivity contribution in [2.75, 3.05) is 44.0 Å². The number of benzene rings is 1. The van der Waals surface area contributed by atoms with E-state index >= 15 is 0 Å². The molecule has 252 valence electrons. The molecule has 0 aliphatic carbocycles. The van der Waals surface area contributed by atoms with E-state index in [1.807, 2.05) is 58.0 Å². The minimum atomic E-state index is -2.98. The lowest BCUT2D eigenvalue weighted by molar-refractivity contribution is -0.117. The summed E-state index contributed by atoms with van der Waals surface area (Å²) in [4.78, 5) is 32.3. The second-order valence-corrected chi connectivity index (χ2v) is 16.7. The van der Waals surface area contributed by atoms with Crippen LogP contribution in [0.25, 0.3) is 27.5 Å². The highest BCUT2D eigenvalue weighted by atomic mass is 32.1. The van der Waals surface area contributed by atoms with E-state index in [1.165, 1.54) is 39.5 Å². The smallest absolute Gasteiger partial charge is 0.422 e. The first-order valence-electron chi connectivity index (χ1n) is 16.7. The van der Waals surface area contributed by atoms with Crippen LogP contribution in [0.4, 0.5) is 5.69 Å². The highest BCUT2D eigenvalue weighted by Gasteiger charge is 2.41. The van der Waals surface area contributed by atoms with Gasteiger partial charge in [-0.25, -0.2) is 4.79 Å². The van der Waals surface area contributed by atoms with Crippen molar-refractivity contribution in [3.63, 3.8) is 0 Å². The highest BCUT2D eigenvalue weighted by molar-refractivity contribution is 7.16. The first kappa shape index (κ1) is 34.4. The summed E-state index contributed by atoms with van der Waals surface area (Å²) in [6, 6.07) is 10.2. The van der Waals surface area contributed by atoms with Gasteiger partial charge in [0.2, 0.25) is 5.91 Å². The van der Waals surface area contributed by atoms with Gasteiger partial charge in [-0.15, -0.1) is 22.7 Å². The molecule has 4 aromatic rings. The predicted molar refractivity (Wildman–Crippen MR) is 197 cm³/mol. The number of nitrogens with zero attached hydrogens (tertiary/aromatic N) is 1. The largest absolute Gasteiger partial charge is 0.521 e. The van der Waals surface area contributed by atoms with Crippen LogP contribution >= 0.6 is 22.7 Å². The lowest BCUT2D eigenvalue weighted by atomic mass is 9.90. The van der Waals surface area contributed by atoms with Gasteiger partial charge in [0.1, 0.15) is 5.58 Å². The van der Waals surface area contributed by atoms with Gasteiger partial charge in [-0.3, -0.25) is 4.79 Å². The van der Waals surface area contributed by atoms with Crippen molar-refractivity contribution < 1.29 is 22.5 Å². The maximum Gasteiger partial charge on any atom is 0.521 e. The van der Waals surface area contributed by atoms with Crippen LogP contribution in [0.5, 0.6) is 0 Å². The fraction of sp³-hybridized carbons (Fsp3) is 0.405. The average Bonchev–Trinajstić information content (AvgIpc) is 3.68. The summed E-state index contributed by atoms with van der Waals surface area (Å²) in [5.41, 5.74) is 6.48. The van der Waals surface area contributed by atoms with E-state index in [0.717, 1.165) is 74.8 Å². The fourth-order valence-corrected chi connectivity index (χ4v) is 10.7. The van der Waals surface area contributed by atoms with E-state index in [4.69, 9.17) is 17.7 Å². The first-order valence-corrected chi connectivity index (χ1v) is 20.3. The summed E-state index contributed by atoms with van der Waals surface area (Å²) in [5.74, 6) is 6.39. The lowest BCUT2D eigenvalue weighted by Crippen LogP contribution is -2.55. The Balaban J connectivity index is 1.18. The number of nitrogens with one attached hydrogen (secondary N) is 1. The maximum absolute atomic E-state index is 13.3. The molecule has 0 atom stereocenters. The Hall–Kier alpha value is -3.50. The molecule has 0 fully saturated rings. The Bertz CT molecular complexity index is 1960. The summed E-state index contributed by atoms with van der Waals surface area (Å²) < 4.78 is 23.6. The number of fused-ring (bicyclic) bond motifs is 2. The van der Waals surface area contributed by atoms with Crippen molar-refractivity contribution in [1.29, 1.82) is 0 Å². The number of hydrogen-bond donors (Lipinski definition) is 1. The zero-order valence-corrected chi connectivity index (χ0v) is 30.9. The molecule has 0 saturated carbocycles. The summed E-state index contributed by atoms with van der Waals surface area (Å²) in [5, 5.41) is 3.94. The summed E-state index contributed by atoms with van der Waals surface area (Å²) >= 11 is 3.03. The molecular formula is C37H42N2O6S2Si. The zero-order chi connectivity index (χ0) is 33.8. The van der Waals surface area contributed by atoms with Crippen LogP contribution in [-0.2, 0) is 30.9 Å². The van der Waals surface area contributed by atoms with E-state index in [1.54, 1.807) is 6.92 Å².